The minimum Gasteiger partial charge on any atom is -0.457 e. The van der Waals surface area contributed by atoms with Gasteiger partial charge in [-0.25, -0.2) is 4.79 Å². The summed E-state index contributed by atoms with van der Waals surface area (Å²) < 4.78 is 5.77. The molecule has 5 heteroatoms. The van der Waals surface area contributed by atoms with Crippen LogP contribution in [0.1, 0.15) is 78.4 Å². The number of esters is 1. The van der Waals surface area contributed by atoms with Crippen molar-refractivity contribution in [1.82, 2.24) is 10.2 Å². The van der Waals surface area contributed by atoms with Gasteiger partial charge in [-0.3, -0.25) is 4.79 Å². The van der Waals surface area contributed by atoms with Crippen molar-refractivity contribution in [2.45, 2.75) is 73.1 Å². The van der Waals surface area contributed by atoms with E-state index in [4.69, 9.17) is 4.74 Å². The van der Waals surface area contributed by atoms with Crippen LogP contribution in [0.15, 0.2) is 42.5 Å². The zero-order chi connectivity index (χ0) is 23.7. The van der Waals surface area contributed by atoms with E-state index in [0.29, 0.717) is 30.6 Å². The highest BCUT2D eigenvalue weighted by Crippen LogP contribution is 2.16. The Morgan fingerprint density at radius 1 is 1.00 bits per heavy atom. The van der Waals surface area contributed by atoms with Gasteiger partial charge in [0.2, 0.25) is 0 Å². The highest BCUT2D eigenvalue weighted by Gasteiger charge is 2.21. The molecule has 0 fully saturated rings. The predicted molar refractivity (Wildman–Crippen MR) is 130 cm³/mol. The van der Waals surface area contributed by atoms with Crippen LogP contribution in [0.2, 0.25) is 0 Å². The lowest BCUT2D eigenvalue weighted by Crippen LogP contribution is -2.36. The molecule has 1 amide bonds. The second-order valence-electron chi connectivity index (χ2n) is 8.51. The Balaban J connectivity index is 2.03. The summed E-state index contributed by atoms with van der Waals surface area (Å²) in [6.07, 6.45) is 1.49. The Kier molecular flexibility index (Phi) is 9.92. The summed E-state index contributed by atoms with van der Waals surface area (Å²) in [6, 6.07) is 13.8. The van der Waals surface area contributed by atoms with E-state index in [1.807, 2.05) is 40.7 Å². The zero-order valence-electron chi connectivity index (χ0n) is 20.4. The van der Waals surface area contributed by atoms with Gasteiger partial charge in [0.15, 0.2) is 0 Å². The molecule has 0 bridgehead atoms. The normalized spacial score (nSPS) is 12.0. The van der Waals surface area contributed by atoms with Gasteiger partial charge in [0.1, 0.15) is 6.10 Å². The molecule has 1 atom stereocenters. The maximum atomic E-state index is 12.9. The molecule has 0 radical (unpaired) electrons. The first-order valence-corrected chi connectivity index (χ1v) is 11.7. The third-order valence-corrected chi connectivity index (χ3v) is 5.61. The number of ether oxygens (including phenoxy) is 1. The third-order valence-electron chi connectivity index (χ3n) is 5.61. The average molecular weight is 439 g/mol. The summed E-state index contributed by atoms with van der Waals surface area (Å²) in [4.78, 5) is 27.6. The molecule has 32 heavy (non-hydrogen) atoms. The maximum absolute atomic E-state index is 12.9. The highest BCUT2D eigenvalue weighted by molar-refractivity contribution is 5.98. The lowest BCUT2D eigenvalue weighted by atomic mass is 10.0. The number of carbonyl (C=O) groups excluding carboxylic acids is 2. The minimum atomic E-state index is -0.392. The highest BCUT2D eigenvalue weighted by atomic mass is 16.5. The number of hydrogen-bond donors (Lipinski definition) is 1. The molecular weight excluding hydrogens is 400 g/mol. The number of aryl methyl sites for hydroxylation is 2. The molecule has 0 aliphatic rings. The van der Waals surface area contributed by atoms with Crippen LogP contribution in [0.5, 0.6) is 0 Å². The van der Waals surface area contributed by atoms with Crippen molar-refractivity contribution in [3.05, 3.63) is 70.3 Å². The van der Waals surface area contributed by atoms with E-state index in [9.17, 15) is 9.59 Å². The first-order chi connectivity index (χ1) is 15.3. The number of nitrogens with zero attached hydrogens (tertiary/aromatic N) is 1. The van der Waals surface area contributed by atoms with Crippen LogP contribution < -0.4 is 5.32 Å². The van der Waals surface area contributed by atoms with E-state index in [2.05, 4.69) is 36.5 Å². The molecule has 0 aliphatic heterocycles. The number of amides is 1. The van der Waals surface area contributed by atoms with Crippen molar-refractivity contribution in [3.8, 4) is 0 Å². The standard InChI is InChI=1S/C27H38N2O3/c1-7-21-11-10-12-22(15-21)17-28-18-25(8-2)32-27(31)24-14-20(6)13-23(16-24)26(30)29(9-3)19(4)5/h10-16,19,25,28H,7-9,17-18H2,1-6H3. The van der Waals surface area contributed by atoms with Crippen molar-refractivity contribution in [2.75, 3.05) is 13.1 Å². The van der Waals surface area contributed by atoms with E-state index in [0.717, 1.165) is 18.5 Å². The quantitative estimate of drug-likeness (QED) is 0.493. The van der Waals surface area contributed by atoms with Crippen molar-refractivity contribution in [3.63, 3.8) is 0 Å². The molecule has 0 heterocycles. The van der Waals surface area contributed by atoms with Gasteiger partial charge in [-0.05, 0) is 75.4 Å². The number of rotatable bonds is 11. The summed E-state index contributed by atoms with van der Waals surface area (Å²) in [5.74, 6) is -0.458. The molecule has 1 N–H and O–H groups in total. The fourth-order valence-electron chi connectivity index (χ4n) is 3.76. The second kappa shape index (κ2) is 12.4. The SMILES string of the molecule is CCc1cccc(CNCC(CC)OC(=O)c2cc(C)cc(C(=O)N(CC)C(C)C)c2)c1. The molecule has 0 aliphatic carbocycles. The minimum absolute atomic E-state index is 0.0664. The molecule has 2 aromatic carbocycles. The fraction of sp³-hybridized carbons (Fsp3) is 0.481. The van der Waals surface area contributed by atoms with E-state index < -0.39 is 5.97 Å². The van der Waals surface area contributed by atoms with Gasteiger partial charge in [0.05, 0.1) is 5.56 Å². The summed E-state index contributed by atoms with van der Waals surface area (Å²) in [7, 11) is 0. The topological polar surface area (TPSA) is 58.6 Å². The maximum Gasteiger partial charge on any atom is 0.338 e. The first kappa shape index (κ1) is 25.6. The Bertz CT molecular complexity index is 908. The molecule has 2 rings (SSSR count). The van der Waals surface area contributed by atoms with Crippen LogP contribution in [0.4, 0.5) is 0 Å². The number of hydrogen-bond acceptors (Lipinski definition) is 4. The molecule has 0 spiro atoms. The third kappa shape index (κ3) is 7.20. The van der Waals surface area contributed by atoms with E-state index in [1.165, 1.54) is 11.1 Å². The summed E-state index contributed by atoms with van der Waals surface area (Å²) in [5, 5.41) is 3.40. The summed E-state index contributed by atoms with van der Waals surface area (Å²) in [5.41, 5.74) is 4.34. The van der Waals surface area contributed by atoms with Crippen LogP contribution in [0.25, 0.3) is 0 Å². The number of carbonyl (C=O) groups is 2. The smallest absolute Gasteiger partial charge is 0.338 e. The zero-order valence-corrected chi connectivity index (χ0v) is 20.4. The Labute approximate surface area is 193 Å². The van der Waals surface area contributed by atoms with Gasteiger partial charge in [0.25, 0.3) is 5.91 Å². The van der Waals surface area contributed by atoms with Crippen LogP contribution in [0, 0.1) is 6.92 Å². The lowest BCUT2D eigenvalue weighted by molar-refractivity contribution is 0.0293. The van der Waals surface area contributed by atoms with Crippen LogP contribution in [-0.2, 0) is 17.7 Å². The van der Waals surface area contributed by atoms with Crippen molar-refractivity contribution < 1.29 is 14.3 Å². The van der Waals surface area contributed by atoms with Crippen LogP contribution >= 0.6 is 0 Å². The van der Waals surface area contributed by atoms with Crippen molar-refractivity contribution in [2.24, 2.45) is 0 Å². The van der Waals surface area contributed by atoms with E-state index in [-0.39, 0.29) is 18.1 Å². The molecular formula is C27H38N2O3. The molecule has 174 valence electrons. The predicted octanol–water partition coefficient (Wildman–Crippen LogP) is 5.15. The summed E-state index contributed by atoms with van der Waals surface area (Å²) >= 11 is 0. The molecule has 2 aromatic rings. The first-order valence-electron chi connectivity index (χ1n) is 11.7. The van der Waals surface area contributed by atoms with Gasteiger partial charge in [-0.1, -0.05) is 38.1 Å². The van der Waals surface area contributed by atoms with Gasteiger partial charge < -0.3 is 15.0 Å². The van der Waals surface area contributed by atoms with Gasteiger partial charge in [-0.2, -0.15) is 0 Å². The monoisotopic (exact) mass is 438 g/mol. The number of nitrogens with one attached hydrogen (secondary N) is 1. The average Bonchev–Trinajstić information content (AvgIpc) is 2.78. The van der Waals surface area contributed by atoms with Crippen LogP contribution in [0.3, 0.4) is 0 Å². The Morgan fingerprint density at radius 3 is 2.31 bits per heavy atom. The second-order valence-corrected chi connectivity index (χ2v) is 8.51. The molecule has 0 saturated carbocycles. The molecule has 5 nitrogen and oxygen atoms in total. The number of benzene rings is 2. The van der Waals surface area contributed by atoms with E-state index in [1.54, 1.807) is 17.0 Å². The van der Waals surface area contributed by atoms with Gasteiger partial charge >= 0.3 is 5.97 Å². The molecule has 0 saturated heterocycles. The lowest BCUT2D eigenvalue weighted by Gasteiger charge is -2.25. The fourth-order valence-corrected chi connectivity index (χ4v) is 3.76. The summed E-state index contributed by atoms with van der Waals surface area (Å²) in [6.45, 7) is 13.9. The van der Waals surface area contributed by atoms with E-state index >= 15 is 0 Å². The van der Waals surface area contributed by atoms with Crippen molar-refractivity contribution >= 4 is 11.9 Å². The molecule has 0 aromatic heterocycles. The van der Waals surface area contributed by atoms with Crippen LogP contribution in [-0.4, -0.2) is 42.0 Å². The molecule has 1 unspecified atom stereocenters. The Morgan fingerprint density at radius 2 is 1.69 bits per heavy atom. The van der Waals surface area contributed by atoms with Gasteiger partial charge in [0, 0.05) is 31.2 Å². The Hall–Kier alpha value is -2.66. The van der Waals surface area contributed by atoms with Gasteiger partial charge in [-0.15, -0.1) is 0 Å². The largest absolute Gasteiger partial charge is 0.457 e. The van der Waals surface area contributed by atoms with Crippen molar-refractivity contribution in [1.29, 1.82) is 0 Å².